The smallest absolute Gasteiger partial charge is 0.311 e. The molecule has 1 fully saturated rings. The highest BCUT2D eigenvalue weighted by Crippen LogP contribution is 2.36. The van der Waals surface area contributed by atoms with Gasteiger partial charge in [0.2, 0.25) is 0 Å². The van der Waals surface area contributed by atoms with E-state index in [0.29, 0.717) is 24.3 Å². The summed E-state index contributed by atoms with van der Waals surface area (Å²) in [4.78, 5) is 22.2. The van der Waals surface area contributed by atoms with Crippen LogP contribution in [0.3, 0.4) is 0 Å². The number of halogens is 1. The zero-order chi connectivity index (χ0) is 16.3. The van der Waals surface area contributed by atoms with Crippen molar-refractivity contribution in [2.24, 2.45) is 5.41 Å². The van der Waals surface area contributed by atoms with Gasteiger partial charge in [-0.2, -0.15) is 0 Å². The number of aliphatic carboxylic acids is 1. The maximum absolute atomic E-state index is 14.0. The molecule has 5 nitrogen and oxygen atoms in total. The predicted octanol–water partition coefficient (Wildman–Crippen LogP) is 2.53. The summed E-state index contributed by atoms with van der Waals surface area (Å²) in [6.07, 6.45) is 6.21. The van der Waals surface area contributed by atoms with E-state index in [1.54, 1.807) is 36.8 Å². The number of hydrogen-bond acceptors (Lipinski definition) is 4. The van der Waals surface area contributed by atoms with E-state index in [1.807, 2.05) is 4.90 Å². The Labute approximate surface area is 133 Å². The van der Waals surface area contributed by atoms with Crippen LogP contribution in [0.15, 0.2) is 42.9 Å². The van der Waals surface area contributed by atoms with E-state index in [9.17, 15) is 14.3 Å². The number of rotatable bonds is 4. The van der Waals surface area contributed by atoms with Crippen LogP contribution in [0.25, 0.3) is 0 Å². The van der Waals surface area contributed by atoms with Crippen molar-refractivity contribution in [3.63, 3.8) is 0 Å². The fraction of sp³-hybridized carbons (Fsp3) is 0.353. The Bertz CT molecular complexity index is 695. The normalized spacial score (nSPS) is 21.2. The zero-order valence-electron chi connectivity index (χ0n) is 12.7. The molecule has 2 aromatic rings. The average Bonchev–Trinajstić information content (AvgIpc) is 2.58. The Kier molecular flexibility index (Phi) is 4.23. The molecular formula is C17H18FN3O2. The maximum Gasteiger partial charge on any atom is 0.311 e. The lowest BCUT2D eigenvalue weighted by Gasteiger charge is -2.40. The summed E-state index contributed by atoms with van der Waals surface area (Å²) in [6.45, 7) is 1.03. The number of carboxylic acids is 1. The van der Waals surface area contributed by atoms with Crippen LogP contribution in [0.5, 0.6) is 0 Å². The molecule has 1 aromatic carbocycles. The Morgan fingerprint density at radius 1 is 1.35 bits per heavy atom. The summed E-state index contributed by atoms with van der Waals surface area (Å²) >= 11 is 0. The van der Waals surface area contributed by atoms with E-state index < -0.39 is 11.4 Å². The predicted molar refractivity (Wildman–Crippen MR) is 83.7 cm³/mol. The van der Waals surface area contributed by atoms with Gasteiger partial charge in [0.1, 0.15) is 11.6 Å². The van der Waals surface area contributed by atoms with Crippen LogP contribution >= 0.6 is 0 Å². The molecule has 3 rings (SSSR count). The van der Waals surface area contributed by atoms with Crippen LogP contribution in [-0.2, 0) is 11.2 Å². The minimum Gasteiger partial charge on any atom is -0.481 e. The minimum atomic E-state index is -1.02. The topological polar surface area (TPSA) is 66.3 Å². The van der Waals surface area contributed by atoms with Crippen molar-refractivity contribution in [1.29, 1.82) is 0 Å². The first-order valence-corrected chi connectivity index (χ1v) is 7.58. The first-order chi connectivity index (χ1) is 11.1. The molecule has 1 aliphatic heterocycles. The number of carboxylic acid groups (broad SMARTS) is 1. The number of hydrogen-bond donors (Lipinski definition) is 1. The van der Waals surface area contributed by atoms with Gasteiger partial charge in [-0.15, -0.1) is 0 Å². The largest absolute Gasteiger partial charge is 0.481 e. The van der Waals surface area contributed by atoms with E-state index >= 15 is 0 Å². The minimum absolute atomic E-state index is 0.172. The van der Waals surface area contributed by atoms with Crippen LogP contribution in [0.2, 0.25) is 0 Å². The quantitative estimate of drug-likeness (QED) is 0.939. The number of carbonyl (C=O) groups is 1. The number of nitrogens with zero attached hydrogens (tertiary/aromatic N) is 3. The number of piperidine rings is 1. The Morgan fingerprint density at radius 3 is 2.87 bits per heavy atom. The van der Waals surface area contributed by atoms with Crippen LogP contribution in [0.1, 0.15) is 18.4 Å². The van der Waals surface area contributed by atoms with Crippen molar-refractivity contribution in [1.82, 2.24) is 9.97 Å². The second-order valence-corrected chi connectivity index (χ2v) is 5.94. The highest BCUT2D eigenvalue weighted by Gasteiger charge is 2.43. The summed E-state index contributed by atoms with van der Waals surface area (Å²) in [5.74, 6) is -0.592. The summed E-state index contributed by atoms with van der Waals surface area (Å²) in [7, 11) is 0. The zero-order valence-corrected chi connectivity index (χ0v) is 12.7. The molecule has 23 heavy (non-hydrogen) atoms. The molecule has 6 heteroatoms. The fourth-order valence-corrected chi connectivity index (χ4v) is 3.18. The lowest BCUT2D eigenvalue weighted by molar-refractivity contribution is -0.149. The fourth-order valence-electron chi connectivity index (χ4n) is 3.18. The lowest BCUT2D eigenvalue weighted by atomic mass is 9.75. The van der Waals surface area contributed by atoms with Crippen LogP contribution < -0.4 is 4.90 Å². The van der Waals surface area contributed by atoms with Gasteiger partial charge < -0.3 is 10.0 Å². The second-order valence-electron chi connectivity index (χ2n) is 5.94. The van der Waals surface area contributed by atoms with E-state index in [-0.39, 0.29) is 12.2 Å². The average molecular weight is 315 g/mol. The molecule has 1 unspecified atom stereocenters. The van der Waals surface area contributed by atoms with Gasteiger partial charge in [0, 0.05) is 25.5 Å². The van der Waals surface area contributed by atoms with Gasteiger partial charge in [-0.25, -0.2) is 9.37 Å². The van der Waals surface area contributed by atoms with Crippen LogP contribution in [-0.4, -0.2) is 34.1 Å². The van der Waals surface area contributed by atoms with Crippen molar-refractivity contribution >= 4 is 11.8 Å². The molecule has 1 aliphatic rings. The molecule has 0 radical (unpaired) electrons. The third-order valence-corrected chi connectivity index (χ3v) is 4.39. The first kappa shape index (κ1) is 15.4. The molecule has 1 saturated heterocycles. The van der Waals surface area contributed by atoms with Crippen molar-refractivity contribution in [3.8, 4) is 0 Å². The van der Waals surface area contributed by atoms with E-state index in [2.05, 4.69) is 9.97 Å². The van der Waals surface area contributed by atoms with Crippen LogP contribution in [0.4, 0.5) is 10.2 Å². The summed E-state index contributed by atoms with van der Waals surface area (Å²) in [5, 5.41) is 9.82. The lowest BCUT2D eigenvalue weighted by Crippen LogP contribution is -2.49. The second kappa shape index (κ2) is 6.32. The van der Waals surface area contributed by atoms with Crippen LogP contribution in [0, 0.1) is 11.2 Å². The highest BCUT2D eigenvalue weighted by atomic mass is 19.1. The van der Waals surface area contributed by atoms with Gasteiger partial charge in [0.05, 0.1) is 11.6 Å². The van der Waals surface area contributed by atoms with Gasteiger partial charge in [-0.3, -0.25) is 9.78 Å². The monoisotopic (exact) mass is 315 g/mol. The summed E-state index contributed by atoms with van der Waals surface area (Å²) < 4.78 is 14.0. The third-order valence-electron chi connectivity index (χ3n) is 4.39. The molecule has 120 valence electrons. The molecule has 1 atom stereocenters. The van der Waals surface area contributed by atoms with Crippen molar-refractivity contribution < 1.29 is 14.3 Å². The number of aromatic nitrogens is 2. The standard InChI is InChI=1S/C17H18FN3O2/c18-14-5-2-1-4-13(14)10-17(16(22)23)6-3-9-21(12-17)15-11-19-7-8-20-15/h1-2,4-5,7-8,11H,3,6,9-10,12H2,(H,22,23). The summed E-state index contributed by atoms with van der Waals surface area (Å²) in [5.41, 5.74) is -0.575. The Balaban J connectivity index is 1.89. The van der Waals surface area contributed by atoms with E-state index in [4.69, 9.17) is 0 Å². The number of anilines is 1. The van der Waals surface area contributed by atoms with E-state index in [1.165, 1.54) is 6.07 Å². The van der Waals surface area contributed by atoms with Crippen molar-refractivity contribution in [2.45, 2.75) is 19.3 Å². The van der Waals surface area contributed by atoms with Gasteiger partial charge in [0.15, 0.2) is 0 Å². The molecular weight excluding hydrogens is 297 g/mol. The Morgan fingerprint density at radius 2 is 2.17 bits per heavy atom. The van der Waals surface area contributed by atoms with Gasteiger partial charge in [-0.1, -0.05) is 18.2 Å². The molecule has 2 heterocycles. The molecule has 0 amide bonds. The van der Waals surface area contributed by atoms with Crippen molar-refractivity contribution in [3.05, 3.63) is 54.2 Å². The van der Waals surface area contributed by atoms with Gasteiger partial charge >= 0.3 is 5.97 Å². The van der Waals surface area contributed by atoms with Gasteiger partial charge in [-0.05, 0) is 30.9 Å². The highest BCUT2D eigenvalue weighted by molar-refractivity contribution is 5.76. The third kappa shape index (κ3) is 3.16. The van der Waals surface area contributed by atoms with Gasteiger partial charge in [0.25, 0.3) is 0 Å². The molecule has 0 bridgehead atoms. The maximum atomic E-state index is 14.0. The number of benzene rings is 1. The molecule has 0 aliphatic carbocycles. The molecule has 0 spiro atoms. The Hall–Kier alpha value is -2.50. The summed E-state index contributed by atoms with van der Waals surface area (Å²) in [6, 6.07) is 6.37. The SMILES string of the molecule is O=C(O)C1(Cc2ccccc2F)CCCN(c2cnccn2)C1. The molecule has 1 aromatic heterocycles. The molecule has 1 N–H and O–H groups in total. The molecule has 0 saturated carbocycles. The van der Waals surface area contributed by atoms with Crippen molar-refractivity contribution in [2.75, 3.05) is 18.0 Å². The van der Waals surface area contributed by atoms with E-state index in [0.717, 1.165) is 13.0 Å². The first-order valence-electron chi connectivity index (χ1n) is 7.58.